The van der Waals surface area contributed by atoms with Gasteiger partial charge in [-0.3, -0.25) is 9.52 Å². The van der Waals surface area contributed by atoms with E-state index >= 15 is 0 Å². The first-order chi connectivity index (χ1) is 12.8. The van der Waals surface area contributed by atoms with Gasteiger partial charge in [0.2, 0.25) is 0 Å². The van der Waals surface area contributed by atoms with Gasteiger partial charge in [0.25, 0.3) is 10.0 Å². The van der Waals surface area contributed by atoms with Gasteiger partial charge >= 0.3 is 0 Å². The lowest BCUT2D eigenvalue weighted by Crippen LogP contribution is -2.14. The molecule has 0 spiro atoms. The molecular weight excluding hydrogens is 364 g/mol. The van der Waals surface area contributed by atoms with Crippen molar-refractivity contribution in [3.63, 3.8) is 0 Å². The number of hydrogen-bond acceptors (Lipinski definition) is 6. The van der Waals surface area contributed by atoms with Crippen LogP contribution in [0.4, 0.5) is 17.3 Å². The van der Waals surface area contributed by atoms with E-state index in [9.17, 15) is 13.2 Å². The molecule has 7 nitrogen and oxygen atoms in total. The molecule has 0 bridgehead atoms. The minimum absolute atomic E-state index is 0.0365. The molecule has 3 aromatic rings. The number of anilines is 3. The van der Waals surface area contributed by atoms with Crippen molar-refractivity contribution in [1.29, 1.82) is 0 Å². The van der Waals surface area contributed by atoms with Crippen LogP contribution in [0, 0.1) is 6.92 Å². The van der Waals surface area contributed by atoms with E-state index in [0.717, 1.165) is 5.56 Å². The third-order valence-corrected chi connectivity index (χ3v) is 5.15. The topological polar surface area (TPSA) is 101 Å². The van der Waals surface area contributed by atoms with Crippen LogP contribution < -0.4 is 10.0 Å². The molecule has 0 amide bonds. The molecule has 0 aliphatic carbocycles. The molecule has 0 unspecified atom stereocenters. The van der Waals surface area contributed by atoms with E-state index in [1.54, 1.807) is 42.5 Å². The van der Waals surface area contributed by atoms with Gasteiger partial charge in [0.1, 0.15) is 0 Å². The number of hydrogen-bond donors (Lipinski definition) is 2. The number of nitrogens with zero attached hydrogens (tertiary/aromatic N) is 2. The quantitative estimate of drug-likeness (QED) is 0.633. The molecule has 0 atom stereocenters. The molecule has 0 saturated carbocycles. The number of Topliss-reactive ketones (excluding diaryl/α,β-unsaturated/α-hetero) is 1. The number of carbonyl (C=O) groups excluding carboxylic acids is 1. The molecule has 1 heterocycles. The van der Waals surface area contributed by atoms with Crippen LogP contribution in [-0.4, -0.2) is 24.4 Å². The lowest BCUT2D eigenvalue weighted by Gasteiger charge is -2.09. The molecule has 2 N–H and O–H groups in total. The number of sulfonamides is 1. The summed E-state index contributed by atoms with van der Waals surface area (Å²) in [4.78, 5) is 11.6. The third-order valence-electron chi connectivity index (χ3n) is 3.78. The van der Waals surface area contributed by atoms with Gasteiger partial charge in [0.05, 0.1) is 4.90 Å². The van der Waals surface area contributed by atoms with Gasteiger partial charge in [0, 0.05) is 11.3 Å². The number of ketones is 1. The molecule has 0 aliphatic heterocycles. The standard InChI is InChI=1S/C19H18N4O3S/c1-13-6-8-17(9-7-13)27(25,26)23-19-11-10-18(21-22-19)20-16-5-3-4-15(12-16)14(2)24/h3-12H,1-2H3,(H,20,21)(H,22,23). The molecule has 8 heteroatoms. The Labute approximate surface area is 157 Å². The van der Waals surface area contributed by atoms with Gasteiger partial charge < -0.3 is 5.32 Å². The summed E-state index contributed by atoms with van der Waals surface area (Å²) in [6, 6.07) is 16.6. The molecule has 3 rings (SSSR count). The molecule has 0 aliphatic rings. The zero-order valence-electron chi connectivity index (χ0n) is 14.8. The number of benzene rings is 2. The summed E-state index contributed by atoms with van der Waals surface area (Å²) in [6.45, 7) is 3.38. The second-order valence-electron chi connectivity index (χ2n) is 5.98. The summed E-state index contributed by atoms with van der Waals surface area (Å²) in [5, 5.41) is 10.9. The Morgan fingerprint density at radius 3 is 2.22 bits per heavy atom. The number of nitrogens with one attached hydrogen (secondary N) is 2. The van der Waals surface area contributed by atoms with Gasteiger partial charge in [-0.05, 0) is 50.2 Å². The highest BCUT2D eigenvalue weighted by Gasteiger charge is 2.14. The van der Waals surface area contributed by atoms with Crippen LogP contribution in [0.2, 0.25) is 0 Å². The van der Waals surface area contributed by atoms with Crippen molar-refractivity contribution in [1.82, 2.24) is 10.2 Å². The van der Waals surface area contributed by atoms with Gasteiger partial charge in [0.15, 0.2) is 17.4 Å². The average Bonchev–Trinajstić information content (AvgIpc) is 2.64. The minimum Gasteiger partial charge on any atom is -0.339 e. The highest BCUT2D eigenvalue weighted by atomic mass is 32.2. The summed E-state index contributed by atoms with van der Waals surface area (Å²) in [6.07, 6.45) is 0. The van der Waals surface area contributed by atoms with Gasteiger partial charge in [-0.25, -0.2) is 8.42 Å². The normalized spacial score (nSPS) is 11.0. The lowest BCUT2D eigenvalue weighted by molar-refractivity contribution is 0.101. The SMILES string of the molecule is CC(=O)c1cccc(Nc2ccc(NS(=O)(=O)c3ccc(C)cc3)nn2)c1. The minimum atomic E-state index is -3.73. The van der Waals surface area contributed by atoms with Crippen LogP contribution in [0.25, 0.3) is 0 Å². The predicted molar refractivity (Wildman–Crippen MR) is 104 cm³/mol. The summed E-state index contributed by atoms with van der Waals surface area (Å²) >= 11 is 0. The van der Waals surface area contributed by atoms with Crippen LogP contribution in [0.3, 0.4) is 0 Å². The lowest BCUT2D eigenvalue weighted by atomic mass is 10.1. The van der Waals surface area contributed by atoms with Crippen molar-refractivity contribution in [3.05, 3.63) is 71.8 Å². The summed E-state index contributed by atoms with van der Waals surface area (Å²) in [5.41, 5.74) is 2.23. The Morgan fingerprint density at radius 2 is 1.59 bits per heavy atom. The number of rotatable bonds is 6. The van der Waals surface area contributed by atoms with E-state index in [4.69, 9.17) is 0 Å². The van der Waals surface area contributed by atoms with Crippen LogP contribution in [-0.2, 0) is 10.0 Å². The third kappa shape index (κ3) is 4.68. The van der Waals surface area contributed by atoms with Gasteiger partial charge in [-0.15, -0.1) is 10.2 Å². The summed E-state index contributed by atoms with van der Waals surface area (Å²) < 4.78 is 27.1. The Morgan fingerprint density at radius 1 is 0.926 bits per heavy atom. The van der Waals surface area contributed by atoms with Gasteiger partial charge in [-0.2, -0.15) is 0 Å². The predicted octanol–water partition coefficient (Wildman–Crippen LogP) is 3.53. The fourth-order valence-corrected chi connectivity index (χ4v) is 3.33. The monoisotopic (exact) mass is 382 g/mol. The molecule has 1 aromatic heterocycles. The number of carbonyl (C=O) groups is 1. The second kappa shape index (κ2) is 7.55. The zero-order valence-corrected chi connectivity index (χ0v) is 15.6. The van der Waals surface area contributed by atoms with E-state index in [2.05, 4.69) is 20.2 Å². The smallest absolute Gasteiger partial charge is 0.263 e. The maximum absolute atomic E-state index is 12.4. The maximum Gasteiger partial charge on any atom is 0.263 e. The number of aromatic nitrogens is 2. The van der Waals surface area contributed by atoms with Crippen LogP contribution in [0.5, 0.6) is 0 Å². The highest BCUT2D eigenvalue weighted by molar-refractivity contribution is 7.92. The molecule has 0 radical (unpaired) electrons. The summed E-state index contributed by atoms with van der Waals surface area (Å²) in [7, 11) is -3.73. The molecule has 0 saturated heterocycles. The van der Waals surface area contributed by atoms with Crippen molar-refractivity contribution in [2.45, 2.75) is 18.7 Å². The average molecular weight is 382 g/mol. The molecular formula is C19H18N4O3S. The van der Waals surface area contributed by atoms with Crippen molar-refractivity contribution < 1.29 is 13.2 Å². The second-order valence-corrected chi connectivity index (χ2v) is 7.67. The van der Waals surface area contributed by atoms with E-state index in [-0.39, 0.29) is 16.5 Å². The summed E-state index contributed by atoms with van der Waals surface area (Å²) in [5.74, 6) is 0.498. The molecule has 0 fully saturated rings. The molecule has 27 heavy (non-hydrogen) atoms. The van der Waals surface area contributed by atoms with Crippen molar-refractivity contribution >= 4 is 33.1 Å². The van der Waals surface area contributed by atoms with E-state index in [1.807, 2.05) is 6.92 Å². The molecule has 138 valence electrons. The first kappa shape index (κ1) is 18.5. The van der Waals surface area contributed by atoms with Gasteiger partial charge in [-0.1, -0.05) is 29.8 Å². The fraction of sp³-hybridized carbons (Fsp3) is 0.105. The first-order valence-corrected chi connectivity index (χ1v) is 9.63. The van der Waals surface area contributed by atoms with E-state index in [0.29, 0.717) is 17.1 Å². The maximum atomic E-state index is 12.4. The van der Waals surface area contributed by atoms with Crippen LogP contribution in [0.15, 0.2) is 65.6 Å². The highest BCUT2D eigenvalue weighted by Crippen LogP contribution is 2.18. The number of aryl methyl sites for hydroxylation is 1. The fourth-order valence-electron chi connectivity index (χ4n) is 2.33. The largest absolute Gasteiger partial charge is 0.339 e. The Bertz CT molecular complexity index is 1060. The Balaban J connectivity index is 1.73. The first-order valence-electron chi connectivity index (χ1n) is 8.15. The van der Waals surface area contributed by atoms with E-state index < -0.39 is 10.0 Å². The zero-order chi connectivity index (χ0) is 19.4. The van der Waals surface area contributed by atoms with Crippen molar-refractivity contribution in [3.8, 4) is 0 Å². The van der Waals surface area contributed by atoms with Crippen molar-refractivity contribution in [2.24, 2.45) is 0 Å². The Kier molecular flexibility index (Phi) is 5.18. The van der Waals surface area contributed by atoms with Crippen LogP contribution in [0.1, 0.15) is 22.8 Å². The molecule has 2 aromatic carbocycles. The Hall–Kier alpha value is -3.26. The van der Waals surface area contributed by atoms with Crippen molar-refractivity contribution in [2.75, 3.05) is 10.0 Å². The van der Waals surface area contributed by atoms with Crippen LogP contribution >= 0.6 is 0 Å². The van der Waals surface area contributed by atoms with E-state index in [1.165, 1.54) is 25.1 Å².